The van der Waals surface area contributed by atoms with Crippen LogP contribution >= 0.6 is 11.6 Å². The van der Waals surface area contributed by atoms with Crippen molar-refractivity contribution in [2.75, 3.05) is 0 Å². The summed E-state index contributed by atoms with van der Waals surface area (Å²) in [5, 5.41) is 6.51. The molecule has 0 bridgehead atoms. The van der Waals surface area contributed by atoms with Gasteiger partial charge in [0, 0.05) is 0 Å². The third-order valence-corrected chi connectivity index (χ3v) is 2.66. The molecule has 5 nitrogen and oxygen atoms in total. The van der Waals surface area contributed by atoms with Gasteiger partial charge >= 0.3 is 0 Å². The van der Waals surface area contributed by atoms with Crippen LogP contribution in [0.15, 0.2) is 11.1 Å². The second-order valence-corrected chi connectivity index (χ2v) is 3.85. The maximum atomic E-state index is 11.4. The molecule has 0 fully saturated rings. The van der Waals surface area contributed by atoms with E-state index < -0.39 is 0 Å². The van der Waals surface area contributed by atoms with Gasteiger partial charge in [-0.1, -0.05) is 13.3 Å². The molecule has 6 heteroatoms. The number of nitrogens with zero attached hydrogens (tertiary/aromatic N) is 2. The highest BCUT2D eigenvalue weighted by molar-refractivity contribution is 6.21. The van der Waals surface area contributed by atoms with Gasteiger partial charge in [0.2, 0.25) is 0 Å². The summed E-state index contributed by atoms with van der Waals surface area (Å²) >= 11 is 6.16. The van der Waals surface area contributed by atoms with Crippen molar-refractivity contribution >= 4 is 22.6 Å². The lowest BCUT2D eigenvalue weighted by molar-refractivity contribution is 0.750. The Kier molecular flexibility index (Phi) is 2.73. The van der Waals surface area contributed by atoms with Crippen molar-refractivity contribution in [1.82, 2.24) is 20.2 Å². The number of hydrogen-bond donors (Lipinski definition) is 2. The van der Waals surface area contributed by atoms with Crippen molar-refractivity contribution in [2.45, 2.75) is 25.1 Å². The van der Waals surface area contributed by atoms with Crippen molar-refractivity contribution in [2.24, 2.45) is 0 Å². The SMILES string of the molecule is CCCC(Cl)c1[nH]nc2c(=O)[nH]cnc12. The molecule has 2 heterocycles. The van der Waals surface area contributed by atoms with Crippen LogP contribution in [-0.2, 0) is 0 Å². The molecule has 0 spiro atoms. The summed E-state index contributed by atoms with van der Waals surface area (Å²) in [4.78, 5) is 17.9. The molecule has 0 saturated heterocycles. The Bertz CT molecular complexity index is 518. The quantitative estimate of drug-likeness (QED) is 0.783. The van der Waals surface area contributed by atoms with Crippen LogP contribution in [0.1, 0.15) is 30.8 Å². The first kappa shape index (κ1) is 10.2. The predicted octanol–water partition coefficient (Wildman–Crippen LogP) is 1.73. The summed E-state index contributed by atoms with van der Waals surface area (Å²) < 4.78 is 0. The van der Waals surface area contributed by atoms with Gasteiger partial charge in [-0.15, -0.1) is 11.6 Å². The standard InChI is InChI=1S/C9H11ClN4O/c1-2-3-5(10)6-7-8(14-13-6)9(15)12-4-11-7/h4-5H,2-3H2,1H3,(H,13,14)(H,11,12,15). The number of halogens is 1. The van der Waals surface area contributed by atoms with Crippen LogP contribution in [0.2, 0.25) is 0 Å². The predicted molar refractivity (Wildman–Crippen MR) is 58.0 cm³/mol. The minimum atomic E-state index is -0.247. The second kappa shape index (κ2) is 4.02. The maximum absolute atomic E-state index is 11.4. The topological polar surface area (TPSA) is 74.4 Å². The lowest BCUT2D eigenvalue weighted by Crippen LogP contribution is -2.06. The van der Waals surface area contributed by atoms with Crippen LogP contribution in [0.25, 0.3) is 11.0 Å². The lowest BCUT2D eigenvalue weighted by Gasteiger charge is -2.04. The van der Waals surface area contributed by atoms with Crippen molar-refractivity contribution in [3.8, 4) is 0 Å². The lowest BCUT2D eigenvalue weighted by atomic mass is 10.2. The van der Waals surface area contributed by atoms with E-state index in [2.05, 4.69) is 20.2 Å². The van der Waals surface area contributed by atoms with Crippen LogP contribution in [0.3, 0.4) is 0 Å². The summed E-state index contributed by atoms with van der Waals surface area (Å²) in [6.45, 7) is 2.05. The average Bonchev–Trinajstić information content (AvgIpc) is 2.63. The van der Waals surface area contributed by atoms with Gasteiger partial charge in [-0.2, -0.15) is 5.10 Å². The van der Waals surface area contributed by atoms with Crippen LogP contribution in [0.5, 0.6) is 0 Å². The molecule has 0 aromatic carbocycles. The molecule has 0 aliphatic heterocycles. The highest BCUT2D eigenvalue weighted by atomic mass is 35.5. The van der Waals surface area contributed by atoms with Gasteiger partial charge in [-0.05, 0) is 6.42 Å². The summed E-state index contributed by atoms with van der Waals surface area (Å²) in [7, 11) is 0. The van der Waals surface area contributed by atoms with Gasteiger partial charge in [0.1, 0.15) is 5.52 Å². The molecule has 2 N–H and O–H groups in total. The Morgan fingerprint density at radius 1 is 1.53 bits per heavy atom. The normalized spacial score (nSPS) is 13.2. The Morgan fingerprint density at radius 3 is 3.07 bits per heavy atom. The molecule has 80 valence electrons. The average molecular weight is 227 g/mol. The third kappa shape index (κ3) is 1.74. The number of hydrogen-bond acceptors (Lipinski definition) is 3. The fourth-order valence-electron chi connectivity index (χ4n) is 1.48. The fraction of sp³-hybridized carbons (Fsp3) is 0.444. The number of aromatic nitrogens is 4. The Labute approximate surface area is 90.9 Å². The van der Waals surface area contributed by atoms with Crippen molar-refractivity contribution in [3.63, 3.8) is 0 Å². The Balaban J connectivity index is 2.54. The number of aromatic amines is 2. The van der Waals surface area contributed by atoms with Crippen molar-refractivity contribution in [3.05, 3.63) is 22.4 Å². The van der Waals surface area contributed by atoms with Gasteiger partial charge in [0.05, 0.1) is 17.4 Å². The van der Waals surface area contributed by atoms with E-state index in [9.17, 15) is 4.79 Å². The highest BCUT2D eigenvalue weighted by Crippen LogP contribution is 2.27. The second-order valence-electron chi connectivity index (χ2n) is 3.32. The van der Waals surface area contributed by atoms with E-state index in [0.717, 1.165) is 18.5 Å². The molecular weight excluding hydrogens is 216 g/mol. The molecule has 15 heavy (non-hydrogen) atoms. The molecule has 0 aliphatic rings. The summed E-state index contributed by atoms with van der Waals surface area (Å²) in [6.07, 6.45) is 3.16. The van der Waals surface area contributed by atoms with Gasteiger partial charge in [0.15, 0.2) is 5.52 Å². The Morgan fingerprint density at radius 2 is 2.33 bits per heavy atom. The zero-order valence-corrected chi connectivity index (χ0v) is 9.01. The molecule has 0 amide bonds. The summed E-state index contributed by atoms with van der Waals surface area (Å²) in [5.74, 6) is 0. The largest absolute Gasteiger partial charge is 0.311 e. The van der Waals surface area contributed by atoms with Gasteiger partial charge in [-0.25, -0.2) is 4.98 Å². The maximum Gasteiger partial charge on any atom is 0.279 e. The summed E-state index contributed by atoms with van der Waals surface area (Å²) in [5.41, 5.74) is 1.35. The molecule has 2 rings (SSSR count). The number of fused-ring (bicyclic) bond motifs is 1. The molecular formula is C9H11ClN4O. The molecule has 0 saturated carbocycles. The summed E-state index contributed by atoms with van der Waals surface area (Å²) in [6, 6.07) is 0. The zero-order valence-electron chi connectivity index (χ0n) is 8.25. The van der Waals surface area contributed by atoms with Crippen LogP contribution < -0.4 is 5.56 Å². The first-order valence-electron chi connectivity index (χ1n) is 4.79. The van der Waals surface area contributed by atoms with Gasteiger partial charge in [-0.3, -0.25) is 9.89 Å². The van der Waals surface area contributed by atoms with Gasteiger partial charge in [0.25, 0.3) is 5.56 Å². The molecule has 1 atom stereocenters. The fourth-order valence-corrected chi connectivity index (χ4v) is 1.85. The van der Waals surface area contributed by atoms with Crippen molar-refractivity contribution in [1.29, 1.82) is 0 Å². The molecule has 2 aromatic heterocycles. The molecule has 1 unspecified atom stereocenters. The van der Waals surface area contributed by atoms with E-state index in [1.807, 2.05) is 6.92 Å². The number of alkyl halides is 1. The highest BCUT2D eigenvalue weighted by Gasteiger charge is 2.16. The van der Waals surface area contributed by atoms with Gasteiger partial charge < -0.3 is 4.98 Å². The van der Waals surface area contributed by atoms with E-state index in [1.54, 1.807) is 0 Å². The van der Waals surface area contributed by atoms with E-state index in [-0.39, 0.29) is 10.9 Å². The third-order valence-electron chi connectivity index (χ3n) is 2.23. The molecule has 0 aliphatic carbocycles. The van der Waals surface area contributed by atoms with E-state index in [1.165, 1.54) is 6.33 Å². The molecule has 0 radical (unpaired) electrons. The zero-order chi connectivity index (χ0) is 10.8. The van der Waals surface area contributed by atoms with Crippen LogP contribution in [0.4, 0.5) is 0 Å². The number of nitrogens with one attached hydrogen (secondary N) is 2. The van der Waals surface area contributed by atoms with E-state index in [4.69, 9.17) is 11.6 Å². The first-order valence-corrected chi connectivity index (χ1v) is 5.23. The van der Waals surface area contributed by atoms with Crippen LogP contribution in [0, 0.1) is 0 Å². The Hall–Kier alpha value is -1.36. The smallest absolute Gasteiger partial charge is 0.279 e. The molecule has 2 aromatic rings. The van der Waals surface area contributed by atoms with Crippen molar-refractivity contribution < 1.29 is 0 Å². The van der Waals surface area contributed by atoms with E-state index in [0.29, 0.717) is 11.0 Å². The minimum absolute atomic E-state index is 0.172. The monoisotopic (exact) mass is 226 g/mol. The van der Waals surface area contributed by atoms with Crippen LogP contribution in [-0.4, -0.2) is 20.2 Å². The number of H-pyrrole nitrogens is 2. The number of rotatable bonds is 3. The first-order chi connectivity index (χ1) is 7.24. The van der Waals surface area contributed by atoms with E-state index >= 15 is 0 Å². The minimum Gasteiger partial charge on any atom is -0.311 e.